The van der Waals surface area contributed by atoms with Crippen LogP contribution in [0.4, 0.5) is 5.82 Å². The number of nitrogens with zero attached hydrogens (tertiary/aromatic N) is 2. The third kappa shape index (κ3) is 4.52. The molecule has 0 fully saturated rings. The summed E-state index contributed by atoms with van der Waals surface area (Å²) in [6, 6.07) is 13.3. The summed E-state index contributed by atoms with van der Waals surface area (Å²) in [7, 11) is 3.10. The molecule has 0 atom stereocenters. The van der Waals surface area contributed by atoms with Gasteiger partial charge < -0.3 is 14.8 Å². The van der Waals surface area contributed by atoms with E-state index in [0.717, 1.165) is 22.0 Å². The quantitative estimate of drug-likeness (QED) is 0.429. The standard InChI is InChI=1S/C24H25N3O3/c1-15-10-16(2)20-12-17(14-25)24(27-21(20)11-15)26-9-5-6-22(28)19-8-7-18(29-3)13-23(19)30-4/h7-8,10-13H,5-6,9H2,1-4H3,(H,26,27). The maximum absolute atomic E-state index is 12.6. The first-order chi connectivity index (χ1) is 14.5. The van der Waals surface area contributed by atoms with Gasteiger partial charge in [-0.25, -0.2) is 4.98 Å². The molecule has 0 aliphatic rings. The topological polar surface area (TPSA) is 84.2 Å². The number of hydrogen-bond acceptors (Lipinski definition) is 6. The van der Waals surface area contributed by atoms with Gasteiger partial charge in [0.05, 0.1) is 30.9 Å². The zero-order chi connectivity index (χ0) is 21.7. The number of rotatable bonds is 8. The Morgan fingerprint density at radius 3 is 2.63 bits per heavy atom. The molecule has 0 aliphatic heterocycles. The lowest BCUT2D eigenvalue weighted by Crippen LogP contribution is -2.09. The Bertz CT molecular complexity index is 1130. The second-order valence-corrected chi connectivity index (χ2v) is 7.16. The first kappa shape index (κ1) is 21.1. The molecule has 0 bridgehead atoms. The Balaban J connectivity index is 1.67. The molecule has 154 valence electrons. The number of ketones is 1. The molecule has 6 nitrogen and oxygen atoms in total. The summed E-state index contributed by atoms with van der Waals surface area (Å²) in [4.78, 5) is 17.2. The number of nitriles is 1. The fourth-order valence-corrected chi connectivity index (χ4v) is 3.47. The van der Waals surface area contributed by atoms with Gasteiger partial charge in [-0.1, -0.05) is 6.07 Å². The van der Waals surface area contributed by atoms with Crippen molar-refractivity contribution < 1.29 is 14.3 Å². The highest BCUT2D eigenvalue weighted by molar-refractivity contribution is 5.98. The van der Waals surface area contributed by atoms with Crippen molar-refractivity contribution in [3.05, 3.63) is 58.7 Å². The van der Waals surface area contributed by atoms with Gasteiger partial charge in [0, 0.05) is 24.4 Å². The minimum Gasteiger partial charge on any atom is -0.497 e. The summed E-state index contributed by atoms with van der Waals surface area (Å²) < 4.78 is 10.5. The van der Waals surface area contributed by atoms with Crippen LogP contribution in [0.25, 0.3) is 10.9 Å². The average molecular weight is 403 g/mol. The van der Waals surface area contributed by atoms with Gasteiger partial charge in [-0.3, -0.25) is 4.79 Å². The highest BCUT2D eigenvalue weighted by Crippen LogP contribution is 2.27. The van der Waals surface area contributed by atoms with Crippen molar-refractivity contribution in [1.82, 2.24) is 4.98 Å². The Labute approximate surface area is 176 Å². The fraction of sp³-hybridized carbons (Fsp3) is 0.292. The van der Waals surface area contributed by atoms with Gasteiger partial charge in [-0.2, -0.15) is 5.26 Å². The minimum absolute atomic E-state index is 0.00506. The Kier molecular flexibility index (Phi) is 6.53. The van der Waals surface area contributed by atoms with Crippen LogP contribution in [-0.2, 0) is 0 Å². The smallest absolute Gasteiger partial charge is 0.166 e. The molecule has 30 heavy (non-hydrogen) atoms. The lowest BCUT2D eigenvalue weighted by Gasteiger charge is -2.11. The predicted octanol–water partition coefficient (Wildman–Crippen LogP) is 4.82. The van der Waals surface area contributed by atoms with Crippen molar-refractivity contribution in [3.8, 4) is 17.6 Å². The van der Waals surface area contributed by atoms with E-state index in [1.165, 1.54) is 7.11 Å². The number of hydrogen-bond donors (Lipinski definition) is 1. The molecule has 0 saturated heterocycles. The van der Waals surface area contributed by atoms with E-state index in [-0.39, 0.29) is 5.78 Å². The molecule has 0 aliphatic carbocycles. The summed E-state index contributed by atoms with van der Waals surface area (Å²) >= 11 is 0. The van der Waals surface area contributed by atoms with E-state index in [4.69, 9.17) is 9.47 Å². The summed E-state index contributed by atoms with van der Waals surface area (Å²) in [5.74, 6) is 1.68. The molecule has 1 N–H and O–H groups in total. The van der Waals surface area contributed by atoms with Crippen LogP contribution in [0.3, 0.4) is 0 Å². The molecule has 3 rings (SSSR count). The monoisotopic (exact) mass is 403 g/mol. The molecular weight excluding hydrogens is 378 g/mol. The molecule has 0 amide bonds. The van der Waals surface area contributed by atoms with Crippen LogP contribution in [0, 0.1) is 25.2 Å². The molecule has 3 aromatic rings. The van der Waals surface area contributed by atoms with E-state index < -0.39 is 0 Å². The van der Waals surface area contributed by atoms with Crippen molar-refractivity contribution in [2.24, 2.45) is 0 Å². The van der Waals surface area contributed by atoms with Gasteiger partial charge in [0.25, 0.3) is 0 Å². The number of carbonyl (C=O) groups excluding carboxylic acids is 1. The third-order valence-electron chi connectivity index (χ3n) is 4.99. The molecule has 0 radical (unpaired) electrons. The Morgan fingerprint density at radius 2 is 1.93 bits per heavy atom. The highest BCUT2D eigenvalue weighted by atomic mass is 16.5. The van der Waals surface area contributed by atoms with Crippen molar-refractivity contribution in [2.45, 2.75) is 26.7 Å². The first-order valence-corrected chi connectivity index (χ1v) is 9.78. The van der Waals surface area contributed by atoms with E-state index in [9.17, 15) is 10.1 Å². The van der Waals surface area contributed by atoms with E-state index in [1.54, 1.807) is 25.3 Å². The van der Waals surface area contributed by atoms with Gasteiger partial charge in [-0.15, -0.1) is 0 Å². The number of carbonyl (C=O) groups is 1. The van der Waals surface area contributed by atoms with E-state index in [0.29, 0.717) is 47.8 Å². The number of nitrogens with one attached hydrogen (secondary N) is 1. The number of Topliss-reactive ketones (excluding diaryl/α,β-unsaturated/α-hetero) is 1. The first-order valence-electron chi connectivity index (χ1n) is 9.78. The minimum atomic E-state index is -0.00506. The van der Waals surface area contributed by atoms with Crippen molar-refractivity contribution in [2.75, 3.05) is 26.1 Å². The Morgan fingerprint density at radius 1 is 1.13 bits per heavy atom. The number of anilines is 1. The van der Waals surface area contributed by atoms with Gasteiger partial charge in [0.2, 0.25) is 0 Å². The number of benzene rings is 2. The van der Waals surface area contributed by atoms with E-state index in [1.807, 2.05) is 26.0 Å². The Hall–Kier alpha value is -3.59. The molecule has 0 saturated carbocycles. The largest absolute Gasteiger partial charge is 0.497 e. The predicted molar refractivity (Wildman–Crippen MR) is 118 cm³/mol. The number of aryl methyl sites for hydroxylation is 2. The maximum atomic E-state index is 12.6. The van der Waals surface area contributed by atoms with Crippen molar-refractivity contribution >= 4 is 22.5 Å². The summed E-state index contributed by atoms with van der Waals surface area (Å²) in [5, 5.41) is 13.7. The normalized spacial score (nSPS) is 10.5. The number of fused-ring (bicyclic) bond motifs is 1. The highest BCUT2D eigenvalue weighted by Gasteiger charge is 2.14. The average Bonchev–Trinajstić information content (AvgIpc) is 2.75. The molecule has 1 heterocycles. The van der Waals surface area contributed by atoms with Gasteiger partial charge >= 0.3 is 0 Å². The van der Waals surface area contributed by atoms with Crippen molar-refractivity contribution in [3.63, 3.8) is 0 Å². The van der Waals surface area contributed by atoms with Crippen LogP contribution in [0.2, 0.25) is 0 Å². The number of aromatic nitrogens is 1. The molecule has 2 aromatic carbocycles. The lowest BCUT2D eigenvalue weighted by atomic mass is 10.0. The van der Waals surface area contributed by atoms with Gasteiger partial charge in [0.15, 0.2) is 5.78 Å². The summed E-state index contributed by atoms with van der Waals surface area (Å²) in [6.45, 7) is 4.57. The summed E-state index contributed by atoms with van der Waals surface area (Å²) in [5.41, 5.74) is 4.11. The third-order valence-corrected chi connectivity index (χ3v) is 4.99. The van der Waals surface area contributed by atoms with Crippen molar-refractivity contribution in [1.29, 1.82) is 5.26 Å². The molecule has 0 unspecified atom stereocenters. The zero-order valence-electron chi connectivity index (χ0n) is 17.7. The van der Waals surface area contributed by atoms with Crippen LogP contribution in [0.5, 0.6) is 11.5 Å². The zero-order valence-corrected chi connectivity index (χ0v) is 17.7. The second-order valence-electron chi connectivity index (χ2n) is 7.16. The summed E-state index contributed by atoms with van der Waals surface area (Å²) in [6.07, 6.45) is 0.953. The molecule has 1 aromatic heterocycles. The van der Waals surface area contributed by atoms with E-state index >= 15 is 0 Å². The maximum Gasteiger partial charge on any atom is 0.166 e. The van der Waals surface area contributed by atoms with Crippen LogP contribution < -0.4 is 14.8 Å². The number of pyridine rings is 1. The lowest BCUT2D eigenvalue weighted by molar-refractivity contribution is 0.0978. The molecule has 6 heteroatoms. The molecular formula is C24H25N3O3. The second kappa shape index (κ2) is 9.27. The SMILES string of the molecule is COc1ccc(C(=O)CCCNc2nc3cc(C)cc(C)c3cc2C#N)c(OC)c1. The fourth-order valence-electron chi connectivity index (χ4n) is 3.47. The van der Waals surface area contributed by atoms with E-state index in [2.05, 4.69) is 22.4 Å². The van der Waals surface area contributed by atoms with Gasteiger partial charge in [-0.05, 0) is 55.7 Å². The van der Waals surface area contributed by atoms with Crippen LogP contribution >= 0.6 is 0 Å². The van der Waals surface area contributed by atoms with Crippen LogP contribution in [0.1, 0.15) is 39.9 Å². The molecule has 0 spiro atoms. The van der Waals surface area contributed by atoms with Gasteiger partial charge in [0.1, 0.15) is 23.4 Å². The van der Waals surface area contributed by atoms with Crippen LogP contribution in [0.15, 0.2) is 36.4 Å². The number of ether oxygens (including phenoxy) is 2. The number of methoxy groups -OCH3 is 2. The van der Waals surface area contributed by atoms with Crippen LogP contribution in [-0.4, -0.2) is 31.5 Å².